The summed E-state index contributed by atoms with van der Waals surface area (Å²) in [6, 6.07) is 13.0. The Balaban J connectivity index is 1.83. The molecule has 0 spiro atoms. The third kappa shape index (κ3) is 3.15. The molecule has 24 heavy (non-hydrogen) atoms. The third-order valence-corrected chi connectivity index (χ3v) is 3.96. The van der Waals surface area contributed by atoms with E-state index >= 15 is 0 Å². The second-order valence-corrected chi connectivity index (χ2v) is 5.45. The van der Waals surface area contributed by atoms with Crippen molar-refractivity contribution in [2.24, 2.45) is 0 Å². The van der Waals surface area contributed by atoms with Gasteiger partial charge in [0.05, 0.1) is 11.7 Å². The fourth-order valence-electron chi connectivity index (χ4n) is 2.41. The van der Waals surface area contributed by atoms with E-state index in [1.165, 1.54) is 23.1 Å². The predicted molar refractivity (Wildman–Crippen MR) is 86.1 cm³/mol. The van der Waals surface area contributed by atoms with Gasteiger partial charge in [-0.1, -0.05) is 18.2 Å². The van der Waals surface area contributed by atoms with Crippen LogP contribution in [0.1, 0.15) is 28.9 Å². The smallest absolute Gasteiger partial charge is 0.254 e. The van der Waals surface area contributed by atoms with Crippen LogP contribution in [0.15, 0.2) is 54.9 Å². The zero-order valence-electron chi connectivity index (χ0n) is 13.3. The lowest BCUT2D eigenvalue weighted by Gasteiger charge is -2.25. The van der Waals surface area contributed by atoms with Crippen LogP contribution in [0.4, 0.5) is 4.39 Å². The maximum absolute atomic E-state index is 13.1. The van der Waals surface area contributed by atoms with E-state index in [1.54, 1.807) is 42.3 Å². The molecule has 7 heteroatoms. The highest BCUT2D eigenvalue weighted by molar-refractivity contribution is 5.94. The van der Waals surface area contributed by atoms with Crippen molar-refractivity contribution < 1.29 is 9.18 Å². The summed E-state index contributed by atoms with van der Waals surface area (Å²) < 4.78 is 14.5. The second-order valence-electron chi connectivity index (χ2n) is 5.45. The monoisotopic (exact) mass is 325 g/mol. The van der Waals surface area contributed by atoms with Crippen LogP contribution in [0.2, 0.25) is 0 Å². The molecule has 1 amide bonds. The van der Waals surface area contributed by atoms with Gasteiger partial charge >= 0.3 is 0 Å². The molecule has 0 saturated heterocycles. The van der Waals surface area contributed by atoms with E-state index in [4.69, 9.17) is 0 Å². The minimum absolute atomic E-state index is 0.137. The van der Waals surface area contributed by atoms with Gasteiger partial charge in [-0.15, -0.1) is 5.10 Å². The molecule has 3 aromatic rings. The SMILES string of the molecule is C[C@H](c1ccc(F)cc1)N(C)C(=O)c1cccc(-n2cnnn2)c1. The fourth-order valence-corrected chi connectivity index (χ4v) is 2.41. The lowest BCUT2D eigenvalue weighted by Crippen LogP contribution is -2.29. The Kier molecular flexibility index (Phi) is 4.33. The highest BCUT2D eigenvalue weighted by Crippen LogP contribution is 2.21. The minimum Gasteiger partial charge on any atom is -0.335 e. The first-order valence-corrected chi connectivity index (χ1v) is 7.42. The van der Waals surface area contributed by atoms with E-state index in [-0.39, 0.29) is 17.8 Å². The van der Waals surface area contributed by atoms with E-state index in [1.807, 2.05) is 13.0 Å². The van der Waals surface area contributed by atoms with Gasteiger partial charge in [0.2, 0.25) is 0 Å². The number of benzene rings is 2. The summed E-state index contributed by atoms with van der Waals surface area (Å²) in [6.07, 6.45) is 1.47. The summed E-state index contributed by atoms with van der Waals surface area (Å²) >= 11 is 0. The number of rotatable bonds is 4. The number of nitrogens with zero attached hydrogens (tertiary/aromatic N) is 5. The molecule has 2 aromatic carbocycles. The van der Waals surface area contributed by atoms with Crippen LogP contribution in [0, 0.1) is 5.82 Å². The van der Waals surface area contributed by atoms with Gasteiger partial charge in [0.1, 0.15) is 12.1 Å². The molecule has 0 aliphatic carbocycles. The van der Waals surface area contributed by atoms with E-state index in [9.17, 15) is 9.18 Å². The van der Waals surface area contributed by atoms with Crippen LogP contribution >= 0.6 is 0 Å². The van der Waals surface area contributed by atoms with Gasteiger partial charge < -0.3 is 4.90 Å². The molecule has 0 fully saturated rings. The van der Waals surface area contributed by atoms with Gasteiger partial charge in [-0.2, -0.15) is 0 Å². The molecule has 122 valence electrons. The standard InChI is InChI=1S/C17H16FN5O/c1-12(13-6-8-15(18)9-7-13)22(2)17(24)14-4-3-5-16(10-14)23-11-19-20-21-23/h3-12H,1-2H3/t12-/m1/s1. The van der Waals surface area contributed by atoms with Crippen LogP contribution < -0.4 is 0 Å². The summed E-state index contributed by atoms with van der Waals surface area (Å²) in [6.45, 7) is 1.90. The van der Waals surface area contributed by atoms with Gasteiger partial charge in [-0.25, -0.2) is 9.07 Å². The number of aromatic nitrogens is 4. The molecular formula is C17H16FN5O. The molecule has 0 aliphatic heterocycles. The lowest BCUT2D eigenvalue weighted by molar-refractivity contribution is 0.0742. The topological polar surface area (TPSA) is 63.9 Å². The highest BCUT2D eigenvalue weighted by Gasteiger charge is 2.19. The molecule has 0 bridgehead atoms. The van der Waals surface area contributed by atoms with Crippen molar-refractivity contribution in [2.75, 3.05) is 7.05 Å². The molecule has 3 rings (SSSR count). The third-order valence-electron chi connectivity index (χ3n) is 3.96. The Hall–Kier alpha value is -3.09. The number of amides is 1. The van der Waals surface area contributed by atoms with Crippen molar-refractivity contribution in [3.05, 3.63) is 71.8 Å². The van der Waals surface area contributed by atoms with Crippen molar-refractivity contribution in [3.8, 4) is 5.69 Å². The van der Waals surface area contributed by atoms with Crippen LogP contribution in [-0.4, -0.2) is 38.1 Å². The van der Waals surface area contributed by atoms with Crippen LogP contribution in [0.25, 0.3) is 5.69 Å². The molecule has 0 unspecified atom stereocenters. The zero-order chi connectivity index (χ0) is 17.1. The summed E-state index contributed by atoms with van der Waals surface area (Å²) in [4.78, 5) is 14.4. The largest absolute Gasteiger partial charge is 0.335 e. The molecule has 0 aliphatic rings. The normalized spacial score (nSPS) is 12.0. The Morgan fingerprint density at radius 2 is 1.96 bits per heavy atom. The van der Waals surface area contributed by atoms with Gasteiger partial charge in [-0.3, -0.25) is 4.79 Å². The second kappa shape index (κ2) is 6.57. The molecule has 0 radical (unpaired) electrons. The summed E-state index contributed by atoms with van der Waals surface area (Å²) in [5.74, 6) is -0.434. The maximum Gasteiger partial charge on any atom is 0.254 e. The minimum atomic E-state index is -0.297. The Morgan fingerprint density at radius 1 is 1.21 bits per heavy atom. The van der Waals surface area contributed by atoms with Crippen molar-refractivity contribution >= 4 is 5.91 Å². The number of halogens is 1. The van der Waals surface area contributed by atoms with Gasteiger partial charge in [0, 0.05) is 12.6 Å². The van der Waals surface area contributed by atoms with E-state index in [0.29, 0.717) is 11.3 Å². The highest BCUT2D eigenvalue weighted by atomic mass is 19.1. The number of hydrogen-bond acceptors (Lipinski definition) is 4. The first-order valence-electron chi connectivity index (χ1n) is 7.42. The Morgan fingerprint density at radius 3 is 2.62 bits per heavy atom. The van der Waals surface area contributed by atoms with Crippen LogP contribution in [-0.2, 0) is 0 Å². The zero-order valence-corrected chi connectivity index (χ0v) is 13.3. The molecule has 1 atom stereocenters. The van der Waals surface area contributed by atoms with Crippen LogP contribution in [0.3, 0.4) is 0 Å². The summed E-state index contributed by atoms with van der Waals surface area (Å²) in [5.41, 5.74) is 2.09. The van der Waals surface area contributed by atoms with Gasteiger partial charge in [-0.05, 0) is 53.2 Å². The fraction of sp³-hybridized carbons (Fsp3) is 0.176. The molecular weight excluding hydrogens is 309 g/mol. The molecule has 0 N–H and O–H groups in total. The van der Waals surface area contributed by atoms with Crippen molar-refractivity contribution in [2.45, 2.75) is 13.0 Å². The average Bonchev–Trinajstić information content (AvgIpc) is 3.15. The number of hydrogen-bond donors (Lipinski definition) is 0. The maximum atomic E-state index is 13.1. The van der Waals surface area contributed by atoms with E-state index in [2.05, 4.69) is 15.5 Å². The van der Waals surface area contributed by atoms with Crippen LogP contribution in [0.5, 0.6) is 0 Å². The van der Waals surface area contributed by atoms with Crippen molar-refractivity contribution in [1.82, 2.24) is 25.1 Å². The van der Waals surface area contributed by atoms with Crippen molar-refractivity contribution in [3.63, 3.8) is 0 Å². The average molecular weight is 325 g/mol. The van der Waals surface area contributed by atoms with E-state index in [0.717, 1.165) is 5.56 Å². The molecule has 1 heterocycles. The van der Waals surface area contributed by atoms with Gasteiger partial charge in [0.25, 0.3) is 5.91 Å². The van der Waals surface area contributed by atoms with Gasteiger partial charge in [0.15, 0.2) is 0 Å². The number of tetrazole rings is 1. The van der Waals surface area contributed by atoms with Crippen molar-refractivity contribution in [1.29, 1.82) is 0 Å². The molecule has 1 aromatic heterocycles. The first-order chi connectivity index (χ1) is 11.6. The quantitative estimate of drug-likeness (QED) is 0.740. The van der Waals surface area contributed by atoms with E-state index < -0.39 is 0 Å². The molecule has 6 nitrogen and oxygen atoms in total. The Bertz CT molecular complexity index is 832. The number of carbonyl (C=O) groups is 1. The summed E-state index contributed by atoms with van der Waals surface area (Å²) in [7, 11) is 1.72. The Labute approximate surface area is 138 Å². The first kappa shape index (κ1) is 15.8. The summed E-state index contributed by atoms with van der Waals surface area (Å²) in [5, 5.41) is 11.0. The lowest BCUT2D eigenvalue weighted by atomic mass is 10.1. The molecule has 0 saturated carbocycles. The predicted octanol–water partition coefficient (Wildman–Crippen LogP) is 2.63. The number of carbonyl (C=O) groups excluding carboxylic acids is 1.